The van der Waals surface area contributed by atoms with Crippen molar-refractivity contribution in [2.24, 2.45) is 0 Å². The summed E-state index contributed by atoms with van der Waals surface area (Å²) < 4.78 is 0. The SMILES string of the molecule is CCCCN(OCC)C1=CC=CCC1=Cc1ccccc1. The van der Waals surface area contributed by atoms with E-state index in [1.165, 1.54) is 23.3 Å². The maximum Gasteiger partial charge on any atom is 0.0720 e. The fourth-order valence-corrected chi connectivity index (χ4v) is 2.40. The third kappa shape index (κ3) is 4.61. The maximum atomic E-state index is 5.84. The molecular weight excluding hydrogens is 258 g/mol. The first-order valence-corrected chi connectivity index (χ1v) is 7.88. The van der Waals surface area contributed by atoms with Gasteiger partial charge in [-0.1, -0.05) is 55.8 Å². The van der Waals surface area contributed by atoms with Crippen molar-refractivity contribution in [1.82, 2.24) is 5.06 Å². The molecule has 1 aliphatic carbocycles. The average Bonchev–Trinajstić information content (AvgIpc) is 2.53. The Balaban J connectivity index is 2.22. The van der Waals surface area contributed by atoms with Gasteiger partial charge in [-0.2, -0.15) is 0 Å². The number of hydrogen-bond donors (Lipinski definition) is 0. The van der Waals surface area contributed by atoms with E-state index in [-0.39, 0.29) is 0 Å². The number of unbranched alkanes of at least 4 members (excludes halogenated alkanes) is 1. The molecule has 0 bridgehead atoms. The van der Waals surface area contributed by atoms with Crippen LogP contribution in [0, 0.1) is 0 Å². The first-order chi connectivity index (χ1) is 10.3. The lowest BCUT2D eigenvalue weighted by molar-refractivity contribution is -0.124. The summed E-state index contributed by atoms with van der Waals surface area (Å²) in [5.74, 6) is 0. The summed E-state index contributed by atoms with van der Waals surface area (Å²) in [4.78, 5) is 5.84. The van der Waals surface area contributed by atoms with Crippen LogP contribution in [-0.4, -0.2) is 18.2 Å². The van der Waals surface area contributed by atoms with Crippen LogP contribution in [0.15, 0.2) is 59.8 Å². The molecule has 2 rings (SSSR count). The van der Waals surface area contributed by atoms with Gasteiger partial charge in [0.2, 0.25) is 0 Å². The smallest absolute Gasteiger partial charge is 0.0720 e. The molecule has 0 aliphatic heterocycles. The molecule has 1 aromatic carbocycles. The van der Waals surface area contributed by atoms with Gasteiger partial charge in [-0.05, 0) is 43.1 Å². The monoisotopic (exact) mass is 283 g/mol. The molecule has 112 valence electrons. The molecule has 1 aromatic rings. The molecule has 0 saturated carbocycles. The van der Waals surface area contributed by atoms with Crippen molar-refractivity contribution in [2.75, 3.05) is 13.2 Å². The van der Waals surface area contributed by atoms with Crippen LogP contribution in [-0.2, 0) is 4.84 Å². The normalized spacial score (nSPS) is 16.1. The van der Waals surface area contributed by atoms with Crippen molar-refractivity contribution in [3.05, 3.63) is 65.4 Å². The topological polar surface area (TPSA) is 12.5 Å². The van der Waals surface area contributed by atoms with Gasteiger partial charge < -0.3 is 0 Å². The zero-order chi connectivity index (χ0) is 14.9. The lowest BCUT2D eigenvalue weighted by Crippen LogP contribution is -2.26. The van der Waals surface area contributed by atoms with Gasteiger partial charge in [-0.3, -0.25) is 9.90 Å². The maximum absolute atomic E-state index is 5.84. The fraction of sp³-hybridized carbons (Fsp3) is 0.368. The summed E-state index contributed by atoms with van der Waals surface area (Å²) in [6, 6.07) is 10.5. The Morgan fingerprint density at radius 1 is 1.19 bits per heavy atom. The van der Waals surface area contributed by atoms with Crippen molar-refractivity contribution in [3.63, 3.8) is 0 Å². The largest absolute Gasteiger partial charge is 0.274 e. The molecular formula is C19H25NO. The third-order valence-corrected chi connectivity index (χ3v) is 3.47. The second kappa shape index (κ2) is 8.48. The van der Waals surface area contributed by atoms with Crippen molar-refractivity contribution < 1.29 is 4.84 Å². The van der Waals surface area contributed by atoms with Crippen LogP contribution >= 0.6 is 0 Å². The highest BCUT2D eigenvalue weighted by atomic mass is 16.7. The van der Waals surface area contributed by atoms with Crippen LogP contribution in [0.4, 0.5) is 0 Å². The highest BCUT2D eigenvalue weighted by molar-refractivity contribution is 5.59. The van der Waals surface area contributed by atoms with Gasteiger partial charge in [0.05, 0.1) is 12.3 Å². The second-order valence-electron chi connectivity index (χ2n) is 5.14. The molecule has 21 heavy (non-hydrogen) atoms. The standard InChI is InChI=1S/C19H25NO/c1-3-5-15-20(21-4-2)19-14-10-9-13-18(19)16-17-11-7-6-8-12-17/h6-12,14,16H,3-5,13,15H2,1-2H3. The van der Waals surface area contributed by atoms with E-state index in [9.17, 15) is 0 Å². The Bertz CT molecular complexity index is 514. The number of hydrogen-bond acceptors (Lipinski definition) is 2. The molecule has 2 heteroatoms. The molecule has 1 aliphatic rings. The average molecular weight is 283 g/mol. The first-order valence-electron chi connectivity index (χ1n) is 7.88. The number of benzene rings is 1. The van der Waals surface area contributed by atoms with Crippen molar-refractivity contribution in [1.29, 1.82) is 0 Å². The van der Waals surface area contributed by atoms with Crippen LogP contribution in [0.3, 0.4) is 0 Å². The van der Waals surface area contributed by atoms with Crippen LogP contribution < -0.4 is 0 Å². The molecule has 0 N–H and O–H groups in total. The van der Waals surface area contributed by atoms with Gasteiger partial charge in [0, 0.05) is 6.54 Å². The zero-order valence-corrected chi connectivity index (χ0v) is 13.1. The molecule has 0 unspecified atom stereocenters. The van der Waals surface area contributed by atoms with E-state index in [1.807, 2.05) is 13.0 Å². The first kappa shape index (κ1) is 15.6. The molecule has 0 saturated heterocycles. The Morgan fingerprint density at radius 3 is 2.71 bits per heavy atom. The minimum Gasteiger partial charge on any atom is -0.274 e. The highest BCUT2D eigenvalue weighted by Gasteiger charge is 2.15. The Kier molecular flexibility index (Phi) is 6.29. The van der Waals surface area contributed by atoms with E-state index < -0.39 is 0 Å². The number of rotatable bonds is 7. The number of allylic oxidation sites excluding steroid dienone is 4. The van der Waals surface area contributed by atoms with Crippen molar-refractivity contribution >= 4 is 6.08 Å². The molecule has 0 spiro atoms. The minimum absolute atomic E-state index is 0.698. The molecule has 0 atom stereocenters. The van der Waals surface area contributed by atoms with Gasteiger partial charge in [-0.25, -0.2) is 0 Å². The van der Waals surface area contributed by atoms with Crippen molar-refractivity contribution in [3.8, 4) is 0 Å². The zero-order valence-electron chi connectivity index (χ0n) is 13.1. The molecule has 0 amide bonds. The lowest BCUT2D eigenvalue weighted by atomic mass is 10.0. The van der Waals surface area contributed by atoms with Crippen LogP contribution in [0.2, 0.25) is 0 Å². The van der Waals surface area contributed by atoms with Gasteiger partial charge >= 0.3 is 0 Å². The summed E-state index contributed by atoms with van der Waals surface area (Å²) in [5.41, 5.74) is 3.74. The van der Waals surface area contributed by atoms with E-state index >= 15 is 0 Å². The molecule has 0 fully saturated rings. The number of nitrogens with zero attached hydrogens (tertiary/aromatic N) is 1. The van der Waals surface area contributed by atoms with Gasteiger partial charge in [0.1, 0.15) is 0 Å². The highest BCUT2D eigenvalue weighted by Crippen LogP contribution is 2.26. The van der Waals surface area contributed by atoms with E-state index in [2.05, 4.69) is 60.6 Å². The summed E-state index contributed by atoms with van der Waals surface area (Å²) in [6.45, 7) is 5.89. The van der Waals surface area contributed by atoms with E-state index in [0.29, 0.717) is 6.61 Å². The van der Waals surface area contributed by atoms with Gasteiger partial charge in [0.15, 0.2) is 0 Å². The van der Waals surface area contributed by atoms with Crippen LogP contribution in [0.5, 0.6) is 0 Å². The molecule has 0 aromatic heterocycles. The van der Waals surface area contributed by atoms with Gasteiger partial charge in [-0.15, -0.1) is 0 Å². The van der Waals surface area contributed by atoms with Crippen LogP contribution in [0.1, 0.15) is 38.7 Å². The predicted octanol–water partition coefficient (Wildman–Crippen LogP) is 4.97. The van der Waals surface area contributed by atoms with E-state index in [0.717, 1.165) is 19.4 Å². The Hall–Kier alpha value is -1.80. The van der Waals surface area contributed by atoms with E-state index in [1.54, 1.807) is 0 Å². The molecule has 0 radical (unpaired) electrons. The van der Waals surface area contributed by atoms with E-state index in [4.69, 9.17) is 4.84 Å². The Labute approximate surface area is 128 Å². The van der Waals surface area contributed by atoms with Crippen LogP contribution in [0.25, 0.3) is 6.08 Å². The minimum atomic E-state index is 0.698. The summed E-state index contributed by atoms with van der Waals surface area (Å²) in [5, 5.41) is 2.06. The molecule has 0 heterocycles. The number of hydroxylamine groups is 2. The summed E-state index contributed by atoms with van der Waals surface area (Å²) in [6.07, 6.45) is 12.0. The van der Waals surface area contributed by atoms with Crippen molar-refractivity contribution in [2.45, 2.75) is 33.1 Å². The Morgan fingerprint density at radius 2 is 2.00 bits per heavy atom. The summed E-state index contributed by atoms with van der Waals surface area (Å²) >= 11 is 0. The quantitative estimate of drug-likeness (QED) is 0.655. The second-order valence-corrected chi connectivity index (χ2v) is 5.14. The third-order valence-electron chi connectivity index (χ3n) is 3.47. The molecule has 2 nitrogen and oxygen atoms in total. The predicted molar refractivity (Wildman–Crippen MR) is 89.5 cm³/mol. The summed E-state index contributed by atoms with van der Waals surface area (Å²) in [7, 11) is 0. The fourth-order valence-electron chi connectivity index (χ4n) is 2.40. The van der Waals surface area contributed by atoms with Gasteiger partial charge in [0.25, 0.3) is 0 Å². The lowest BCUT2D eigenvalue weighted by Gasteiger charge is -2.28.